The Kier molecular flexibility index (Phi) is 2.68. The molecule has 0 atom stereocenters. The number of H-pyrrole nitrogens is 1. The van der Waals surface area contributed by atoms with Gasteiger partial charge in [0.25, 0.3) is 0 Å². The Bertz CT molecular complexity index is 706. The monoisotopic (exact) mass is 254 g/mol. The molecule has 0 radical (unpaired) electrons. The number of rotatable bonds is 3. The van der Waals surface area contributed by atoms with Gasteiger partial charge < -0.3 is 15.3 Å². The highest BCUT2D eigenvalue weighted by Crippen LogP contribution is 2.24. The molecule has 0 spiro atoms. The molecule has 0 aliphatic carbocycles. The van der Waals surface area contributed by atoms with Crippen molar-refractivity contribution in [3.05, 3.63) is 43.0 Å². The van der Waals surface area contributed by atoms with E-state index >= 15 is 0 Å². The number of imidazole rings is 1. The maximum Gasteiger partial charge on any atom is 0.0959 e. The van der Waals surface area contributed by atoms with Crippen LogP contribution in [0.2, 0.25) is 0 Å². The molecule has 4 nitrogen and oxygen atoms in total. The van der Waals surface area contributed by atoms with Gasteiger partial charge in [0, 0.05) is 35.4 Å². The Labute approximate surface area is 112 Å². The van der Waals surface area contributed by atoms with Crippen molar-refractivity contribution in [3.63, 3.8) is 0 Å². The molecular weight excluding hydrogens is 236 g/mol. The third-order valence-corrected chi connectivity index (χ3v) is 3.63. The van der Waals surface area contributed by atoms with Crippen molar-refractivity contribution in [2.75, 3.05) is 6.54 Å². The van der Waals surface area contributed by atoms with E-state index in [0.29, 0.717) is 6.54 Å². The average molecular weight is 254 g/mol. The fraction of sp³-hybridized carbons (Fsp3) is 0.267. The molecule has 4 heteroatoms. The molecule has 2 aromatic heterocycles. The topological polar surface area (TPSA) is 59.6 Å². The van der Waals surface area contributed by atoms with E-state index in [2.05, 4.69) is 58.8 Å². The molecule has 3 N–H and O–H groups in total. The van der Waals surface area contributed by atoms with Crippen molar-refractivity contribution >= 4 is 10.9 Å². The molecule has 0 aliphatic rings. The lowest BCUT2D eigenvalue weighted by atomic mass is 10.1. The van der Waals surface area contributed by atoms with Crippen molar-refractivity contribution in [1.29, 1.82) is 0 Å². The van der Waals surface area contributed by atoms with Gasteiger partial charge in [0.2, 0.25) is 0 Å². The van der Waals surface area contributed by atoms with E-state index in [-0.39, 0.29) is 5.54 Å². The van der Waals surface area contributed by atoms with Crippen molar-refractivity contribution in [2.24, 2.45) is 5.73 Å². The van der Waals surface area contributed by atoms with Crippen LogP contribution < -0.4 is 5.73 Å². The van der Waals surface area contributed by atoms with Crippen LogP contribution in [0.25, 0.3) is 22.2 Å². The summed E-state index contributed by atoms with van der Waals surface area (Å²) < 4.78 is 2.07. The van der Waals surface area contributed by atoms with Gasteiger partial charge in [-0.3, -0.25) is 0 Å². The molecule has 0 fully saturated rings. The summed E-state index contributed by atoms with van der Waals surface area (Å²) in [6.45, 7) is 4.79. The molecule has 0 aliphatic heterocycles. The van der Waals surface area contributed by atoms with Crippen LogP contribution in [0.4, 0.5) is 0 Å². The Balaban J connectivity index is 2.02. The standard InChI is InChI=1S/C15H18N4/c1-15(2,9-16)19-8-14(18-10-19)11-3-4-13-12(7-11)5-6-17-13/h3-8,10,17H,9,16H2,1-2H3. The molecule has 98 valence electrons. The molecule has 3 aromatic rings. The lowest BCUT2D eigenvalue weighted by Crippen LogP contribution is -2.33. The molecule has 2 heterocycles. The summed E-state index contributed by atoms with van der Waals surface area (Å²) in [6, 6.07) is 8.38. The molecule has 0 saturated heterocycles. The number of aromatic nitrogens is 3. The predicted molar refractivity (Wildman–Crippen MR) is 77.9 cm³/mol. The maximum atomic E-state index is 5.79. The summed E-state index contributed by atoms with van der Waals surface area (Å²) in [5, 5.41) is 1.20. The van der Waals surface area contributed by atoms with Crippen LogP contribution in [0.15, 0.2) is 43.0 Å². The normalized spacial score (nSPS) is 12.2. The van der Waals surface area contributed by atoms with Gasteiger partial charge in [-0.2, -0.15) is 0 Å². The van der Waals surface area contributed by atoms with Gasteiger partial charge in [-0.15, -0.1) is 0 Å². The Hall–Kier alpha value is -2.07. The predicted octanol–water partition coefficient (Wildman–Crippen LogP) is 2.73. The second-order valence-electron chi connectivity index (χ2n) is 5.46. The van der Waals surface area contributed by atoms with E-state index in [1.165, 1.54) is 5.39 Å². The molecule has 0 amide bonds. The molecule has 3 rings (SSSR count). The minimum absolute atomic E-state index is 0.108. The van der Waals surface area contributed by atoms with Crippen LogP contribution in [0.3, 0.4) is 0 Å². The summed E-state index contributed by atoms with van der Waals surface area (Å²) in [7, 11) is 0. The molecule has 0 bridgehead atoms. The van der Waals surface area contributed by atoms with E-state index in [9.17, 15) is 0 Å². The fourth-order valence-corrected chi connectivity index (χ4v) is 2.12. The minimum atomic E-state index is -0.108. The molecular formula is C15H18N4. The summed E-state index contributed by atoms with van der Waals surface area (Å²) in [5.41, 5.74) is 8.93. The molecule has 19 heavy (non-hydrogen) atoms. The van der Waals surface area contributed by atoms with Crippen LogP contribution in [-0.4, -0.2) is 21.1 Å². The highest BCUT2D eigenvalue weighted by Gasteiger charge is 2.18. The smallest absolute Gasteiger partial charge is 0.0959 e. The number of benzene rings is 1. The zero-order chi connectivity index (χ0) is 13.5. The summed E-state index contributed by atoms with van der Waals surface area (Å²) >= 11 is 0. The number of nitrogens with one attached hydrogen (secondary N) is 1. The first kappa shape index (κ1) is 12.0. The number of aromatic amines is 1. The number of hydrogen-bond donors (Lipinski definition) is 2. The van der Waals surface area contributed by atoms with E-state index in [0.717, 1.165) is 16.8 Å². The Morgan fingerprint density at radius 1 is 1.32 bits per heavy atom. The summed E-state index contributed by atoms with van der Waals surface area (Å²) in [6.07, 6.45) is 5.86. The van der Waals surface area contributed by atoms with Gasteiger partial charge in [0.05, 0.1) is 17.6 Å². The number of hydrogen-bond acceptors (Lipinski definition) is 2. The SMILES string of the molecule is CC(C)(CN)n1cnc(-c2ccc3[nH]ccc3c2)c1. The quantitative estimate of drug-likeness (QED) is 0.755. The first-order valence-corrected chi connectivity index (χ1v) is 6.42. The minimum Gasteiger partial charge on any atom is -0.361 e. The van der Waals surface area contributed by atoms with Crippen LogP contribution in [-0.2, 0) is 5.54 Å². The van der Waals surface area contributed by atoms with E-state index in [1.54, 1.807) is 0 Å². The third-order valence-electron chi connectivity index (χ3n) is 3.63. The van der Waals surface area contributed by atoms with Crippen molar-refractivity contribution < 1.29 is 0 Å². The second-order valence-corrected chi connectivity index (χ2v) is 5.46. The van der Waals surface area contributed by atoms with Crippen molar-refractivity contribution in [2.45, 2.75) is 19.4 Å². The zero-order valence-electron chi connectivity index (χ0n) is 11.2. The van der Waals surface area contributed by atoms with Gasteiger partial charge in [-0.25, -0.2) is 4.98 Å². The first-order valence-electron chi connectivity index (χ1n) is 6.42. The number of nitrogens with zero attached hydrogens (tertiary/aromatic N) is 2. The van der Waals surface area contributed by atoms with E-state index in [1.807, 2.05) is 12.5 Å². The van der Waals surface area contributed by atoms with Crippen LogP contribution in [0, 0.1) is 0 Å². The number of fused-ring (bicyclic) bond motifs is 1. The maximum absolute atomic E-state index is 5.79. The highest BCUT2D eigenvalue weighted by atomic mass is 15.1. The highest BCUT2D eigenvalue weighted by molar-refractivity contribution is 5.84. The third kappa shape index (κ3) is 2.04. The van der Waals surface area contributed by atoms with Gasteiger partial charge in [0.1, 0.15) is 0 Å². The molecule has 1 aromatic carbocycles. The van der Waals surface area contributed by atoms with Crippen LogP contribution in [0.5, 0.6) is 0 Å². The zero-order valence-corrected chi connectivity index (χ0v) is 11.2. The molecule has 0 unspecified atom stereocenters. The molecule has 0 saturated carbocycles. The number of nitrogens with two attached hydrogens (primary N) is 1. The van der Waals surface area contributed by atoms with Crippen molar-refractivity contribution in [3.8, 4) is 11.3 Å². The average Bonchev–Trinajstić information content (AvgIpc) is 3.06. The largest absolute Gasteiger partial charge is 0.361 e. The van der Waals surface area contributed by atoms with Crippen LogP contribution >= 0.6 is 0 Å². The second kappa shape index (κ2) is 4.24. The Morgan fingerprint density at radius 2 is 2.16 bits per heavy atom. The van der Waals surface area contributed by atoms with Gasteiger partial charge >= 0.3 is 0 Å². The van der Waals surface area contributed by atoms with E-state index in [4.69, 9.17) is 5.73 Å². The van der Waals surface area contributed by atoms with E-state index < -0.39 is 0 Å². The summed E-state index contributed by atoms with van der Waals surface area (Å²) in [4.78, 5) is 7.68. The Morgan fingerprint density at radius 3 is 2.95 bits per heavy atom. The van der Waals surface area contributed by atoms with Gasteiger partial charge in [0.15, 0.2) is 0 Å². The van der Waals surface area contributed by atoms with Crippen molar-refractivity contribution in [1.82, 2.24) is 14.5 Å². The first-order chi connectivity index (χ1) is 9.10. The van der Waals surface area contributed by atoms with Gasteiger partial charge in [-0.05, 0) is 32.0 Å². The summed E-state index contributed by atoms with van der Waals surface area (Å²) in [5.74, 6) is 0. The van der Waals surface area contributed by atoms with Crippen LogP contribution in [0.1, 0.15) is 13.8 Å². The van der Waals surface area contributed by atoms with Gasteiger partial charge in [-0.1, -0.05) is 6.07 Å². The fourth-order valence-electron chi connectivity index (χ4n) is 2.12. The lowest BCUT2D eigenvalue weighted by molar-refractivity contribution is 0.366. The lowest BCUT2D eigenvalue weighted by Gasteiger charge is -2.23.